The Morgan fingerprint density at radius 2 is 2.04 bits per heavy atom. The minimum Gasteiger partial charge on any atom is -0.331 e. The second-order valence-electron chi connectivity index (χ2n) is 5.89. The Kier molecular flexibility index (Phi) is 4.57. The molecule has 2 aromatic heterocycles. The van der Waals surface area contributed by atoms with E-state index >= 15 is 0 Å². The van der Waals surface area contributed by atoms with Crippen molar-refractivity contribution in [3.8, 4) is 0 Å². The highest BCUT2D eigenvalue weighted by Crippen LogP contribution is 2.26. The molecule has 0 spiro atoms. The van der Waals surface area contributed by atoms with E-state index in [4.69, 9.17) is 0 Å². The standard InChI is InChI=1S/C18H21N3O2S/c1-3-4-11-21-13-17(16-9-6-10-19-18(16)21)24(22,23)20-15-8-5-7-14(2)12-15/h5-10,12-13,20H,3-4,11H2,1-2H3. The van der Waals surface area contributed by atoms with Crippen molar-refractivity contribution in [2.75, 3.05) is 4.72 Å². The Labute approximate surface area is 142 Å². The first-order chi connectivity index (χ1) is 11.5. The van der Waals surface area contributed by atoms with E-state index in [1.54, 1.807) is 30.6 Å². The van der Waals surface area contributed by atoms with Gasteiger partial charge in [0.25, 0.3) is 10.0 Å². The largest absolute Gasteiger partial charge is 0.331 e. The molecule has 0 bridgehead atoms. The van der Waals surface area contributed by atoms with Gasteiger partial charge < -0.3 is 4.57 Å². The molecule has 0 aliphatic heterocycles. The molecular formula is C18H21N3O2S. The van der Waals surface area contributed by atoms with E-state index in [0.717, 1.165) is 24.9 Å². The van der Waals surface area contributed by atoms with E-state index in [1.807, 2.05) is 29.7 Å². The van der Waals surface area contributed by atoms with Crippen LogP contribution >= 0.6 is 0 Å². The maximum Gasteiger partial charge on any atom is 0.264 e. The Bertz CT molecular complexity index is 961. The SMILES string of the molecule is CCCCn1cc(S(=O)(=O)Nc2cccc(C)c2)c2cccnc21. The topological polar surface area (TPSA) is 64.0 Å². The molecule has 126 valence electrons. The molecule has 0 fully saturated rings. The smallest absolute Gasteiger partial charge is 0.264 e. The number of nitrogens with one attached hydrogen (secondary N) is 1. The summed E-state index contributed by atoms with van der Waals surface area (Å²) in [5.74, 6) is 0. The quantitative estimate of drug-likeness (QED) is 0.737. The number of hydrogen-bond acceptors (Lipinski definition) is 3. The highest BCUT2D eigenvalue weighted by Gasteiger charge is 2.21. The van der Waals surface area contributed by atoms with Gasteiger partial charge in [-0.3, -0.25) is 4.72 Å². The molecule has 1 N–H and O–H groups in total. The molecule has 0 atom stereocenters. The van der Waals surface area contributed by atoms with E-state index in [-0.39, 0.29) is 4.90 Å². The number of hydrogen-bond donors (Lipinski definition) is 1. The number of nitrogens with zero attached hydrogens (tertiary/aromatic N) is 2. The van der Waals surface area contributed by atoms with E-state index in [9.17, 15) is 8.42 Å². The average molecular weight is 343 g/mol. The minimum absolute atomic E-state index is 0.267. The predicted molar refractivity (Wildman–Crippen MR) is 96.6 cm³/mol. The molecule has 0 aliphatic rings. The van der Waals surface area contributed by atoms with Gasteiger partial charge in [0, 0.05) is 30.0 Å². The number of anilines is 1. The van der Waals surface area contributed by atoms with Gasteiger partial charge in [-0.05, 0) is 43.2 Å². The summed E-state index contributed by atoms with van der Waals surface area (Å²) < 4.78 is 30.3. The number of sulfonamides is 1. The van der Waals surface area contributed by atoms with Gasteiger partial charge in [-0.1, -0.05) is 25.5 Å². The van der Waals surface area contributed by atoms with Gasteiger partial charge in [0.2, 0.25) is 0 Å². The predicted octanol–water partition coefficient (Wildman–Crippen LogP) is 3.95. The lowest BCUT2D eigenvalue weighted by Crippen LogP contribution is -2.12. The van der Waals surface area contributed by atoms with Crippen LogP contribution in [0.15, 0.2) is 53.7 Å². The van der Waals surface area contributed by atoms with Crippen LogP contribution in [0.1, 0.15) is 25.3 Å². The third kappa shape index (κ3) is 3.28. The molecule has 3 aromatic rings. The van der Waals surface area contributed by atoms with Gasteiger partial charge >= 0.3 is 0 Å². The second-order valence-corrected chi connectivity index (χ2v) is 7.54. The molecule has 3 rings (SSSR count). The van der Waals surface area contributed by atoms with Crippen molar-refractivity contribution in [2.45, 2.75) is 38.1 Å². The van der Waals surface area contributed by atoms with Gasteiger partial charge in [-0.15, -0.1) is 0 Å². The number of unbranched alkanes of at least 4 members (excludes halogenated alkanes) is 1. The van der Waals surface area contributed by atoms with Crippen LogP contribution in [-0.2, 0) is 16.6 Å². The summed E-state index contributed by atoms with van der Waals surface area (Å²) in [6.45, 7) is 4.79. The second kappa shape index (κ2) is 6.65. The zero-order valence-corrected chi connectivity index (χ0v) is 14.7. The summed E-state index contributed by atoms with van der Waals surface area (Å²) in [4.78, 5) is 4.63. The summed E-state index contributed by atoms with van der Waals surface area (Å²) in [5.41, 5.74) is 2.27. The Morgan fingerprint density at radius 3 is 2.79 bits per heavy atom. The van der Waals surface area contributed by atoms with E-state index < -0.39 is 10.0 Å². The maximum absolute atomic E-state index is 12.9. The Morgan fingerprint density at radius 1 is 1.21 bits per heavy atom. The van der Waals surface area contributed by atoms with Crippen LogP contribution in [0.25, 0.3) is 11.0 Å². The molecule has 0 amide bonds. The van der Waals surface area contributed by atoms with Crippen LogP contribution in [0.4, 0.5) is 5.69 Å². The molecule has 0 saturated heterocycles. The number of aryl methyl sites for hydroxylation is 2. The van der Waals surface area contributed by atoms with Crippen molar-refractivity contribution in [1.82, 2.24) is 9.55 Å². The zero-order chi connectivity index (χ0) is 17.2. The molecule has 2 heterocycles. The van der Waals surface area contributed by atoms with Crippen LogP contribution in [-0.4, -0.2) is 18.0 Å². The Balaban J connectivity index is 2.04. The van der Waals surface area contributed by atoms with Crippen LogP contribution in [0.5, 0.6) is 0 Å². The first kappa shape index (κ1) is 16.5. The normalized spacial score (nSPS) is 11.8. The molecular weight excluding hydrogens is 322 g/mol. The van der Waals surface area contributed by atoms with E-state index in [1.165, 1.54) is 0 Å². The highest BCUT2D eigenvalue weighted by atomic mass is 32.2. The van der Waals surface area contributed by atoms with Crippen molar-refractivity contribution in [3.63, 3.8) is 0 Å². The molecule has 1 aromatic carbocycles. The monoisotopic (exact) mass is 343 g/mol. The summed E-state index contributed by atoms with van der Waals surface area (Å²) in [5, 5.41) is 0.647. The molecule has 0 saturated carbocycles. The fourth-order valence-electron chi connectivity index (χ4n) is 2.72. The average Bonchev–Trinajstić information content (AvgIpc) is 2.92. The third-order valence-corrected chi connectivity index (χ3v) is 5.32. The van der Waals surface area contributed by atoms with Gasteiger partial charge in [0.05, 0.1) is 0 Å². The van der Waals surface area contributed by atoms with Gasteiger partial charge in [-0.25, -0.2) is 13.4 Å². The summed E-state index contributed by atoms with van der Waals surface area (Å²) >= 11 is 0. The highest BCUT2D eigenvalue weighted by molar-refractivity contribution is 7.93. The van der Waals surface area contributed by atoms with Gasteiger partial charge in [-0.2, -0.15) is 0 Å². The molecule has 0 radical (unpaired) electrons. The lowest BCUT2D eigenvalue weighted by Gasteiger charge is -2.07. The minimum atomic E-state index is -3.67. The first-order valence-electron chi connectivity index (χ1n) is 8.04. The number of benzene rings is 1. The lowest BCUT2D eigenvalue weighted by molar-refractivity contribution is 0.600. The van der Waals surface area contributed by atoms with Crippen LogP contribution < -0.4 is 4.72 Å². The number of rotatable bonds is 6. The number of fused-ring (bicyclic) bond motifs is 1. The van der Waals surface area contributed by atoms with E-state index in [2.05, 4.69) is 16.6 Å². The van der Waals surface area contributed by atoms with Crippen molar-refractivity contribution in [3.05, 3.63) is 54.4 Å². The Hall–Kier alpha value is -2.34. The number of aromatic nitrogens is 2. The molecule has 5 nitrogen and oxygen atoms in total. The number of pyridine rings is 1. The fraction of sp³-hybridized carbons (Fsp3) is 0.278. The summed E-state index contributed by atoms with van der Waals surface area (Å²) in [6, 6.07) is 10.9. The van der Waals surface area contributed by atoms with Crippen molar-refractivity contribution in [1.29, 1.82) is 0 Å². The van der Waals surface area contributed by atoms with Gasteiger partial charge in [0.1, 0.15) is 10.5 Å². The lowest BCUT2D eigenvalue weighted by atomic mass is 10.2. The molecule has 6 heteroatoms. The zero-order valence-electron chi connectivity index (χ0n) is 13.9. The maximum atomic E-state index is 12.9. The van der Waals surface area contributed by atoms with Crippen LogP contribution in [0, 0.1) is 6.92 Å². The van der Waals surface area contributed by atoms with Gasteiger partial charge in [0.15, 0.2) is 0 Å². The first-order valence-corrected chi connectivity index (χ1v) is 9.53. The van der Waals surface area contributed by atoms with Crippen molar-refractivity contribution >= 4 is 26.7 Å². The van der Waals surface area contributed by atoms with Crippen LogP contribution in [0.2, 0.25) is 0 Å². The van der Waals surface area contributed by atoms with E-state index in [0.29, 0.717) is 16.7 Å². The summed E-state index contributed by atoms with van der Waals surface area (Å²) in [7, 11) is -3.67. The molecule has 0 unspecified atom stereocenters. The summed E-state index contributed by atoms with van der Waals surface area (Å²) in [6.07, 6.45) is 5.39. The van der Waals surface area contributed by atoms with Crippen molar-refractivity contribution in [2.24, 2.45) is 0 Å². The molecule has 0 aliphatic carbocycles. The third-order valence-electron chi connectivity index (χ3n) is 3.91. The fourth-order valence-corrected chi connectivity index (χ4v) is 3.98. The van der Waals surface area contributed by atoms with Crippen LogP contribution in [0.3, 0.4) is 0 Å². The molecule has 24 heavy (non-hydrogen) atoms. The van der Waals surface area contributed by atoms with Crippen molar-refractivity contribution < 1.29 is 8.42 Å².